The Kier molecular flexibility index (Phi) is 5.34. The first-order valence-corrected chi connectivity index (χ1v) is 11.4. The lowest BCUT2D eigenvalue weighted by atomic mass is 10.5. The number of carbonyl (C=O) groups excluding carboxylic acids is 1. The quantitative estimate of drug-likeness (QED) is 0.522. The SMILES string of the molecule is COc1cc(Cl)nc(NC(=O)NS(=O)(=O)c2c(S(C)(=O)=O)nc3ccccn23)n1. The van der Waals surface area contributed by atoms with Crippen molar-refractivity contribution in [3.63, 3.8) is 0 Å². The molecule has 0 saturated heterocycles. The molecule has 3 aromatic heterocycles. The summed E-state index contributed by atoms with van der Waals surface area (Å²) in [7, 11) is -7.38. The number of rotatable bonds is 5. The summed E-state index contributed by atoms with van der Waals surface area (Å²) >= 11 is 5.76. The zero-order valence-electron chi connectivity index (χ0n) is 14.8. The molecule has 154 valence electrons. The van der Waals surface area contributed by atoms with Crippen LogP contribution in [0.4, 0.5) is 10.7 Å². The van der Waals surface area contributed by atoms with Gasteiger partial charge in [-0.3, -0.25) is 9.72 Å². The Morgan fingerprint density at radius 2 is 1.90 bits per heavy atom. The minimum absolute atomic E-state index is 0.0318. The van der Waals surface area contributed by atoms with Crippen LogP contribution < -0.4 is 14.8 Å². The molecular weight excluding hydrogens is 448 g/mol. The summed E-state index contributed by atoms with van der Waals surface area (Å²) in [4.78, 5) is 23.5. The van der Waals surface area contributed by atoms with Crippen LogP contribution in [0.25, 0.3) is 5.65 Å². The average Bonchev–Trinajstić information content (AvgIpc) is 3.01. The Morgan fingerprint density at radius 1 is 1.17 bits per heavy atom. The zero-order chi connectivity index (χ0) is 21.4. The van der Waals surface area contributed by atoms with Crippen LogP contribution in [-0.4, -0.2) is 55.6 Å². The van der Waals surface area contributed by atoms with Crippen LogP contribution in [0, 0.1) is 0 Å². The van der Waals surface area contributed by atoms with Crippen molar-refractivity contribution in [2.45, 2.75) is 10.1 Å². The highest BCUT2D eigenvalue weighted by molar-refractivity contribution is 7.93. The van der Waals surface area contributed by atoms with Crippen LogP contribution in [0.5, 0.6) is 5.88 Å². The number of fused-ring (bicyclic) bond motifs is 1. The molecule has 29 heavy (non-hydrogen) atoms. The molecule has 2 amide bonds. The zero-order valence-corrected chi connectivity index (χ0v) is 17.2. The molecule has 0 spiro atoms. The molecule has 3 heterocycles. The van der Waals surface area contributed by atoms with Crippen molar-refractivity contribution in [2.75, 3.05) is 18.7 Å². The van der Waals surface area contributed by atoms with Crippen LogP contribution in [0.15, 0.2) is 40.5 Å². The van der Waals surface area contributed by atoms with Crippen LogP contribution >= 0.6 is 11.6 Å². The second-order valence-corrected chi connectivity index (χ2v) is 9.46. The van der Waals surface area contributed by atoms with Crippen LogP contribution in [0.3, 0.4) is 0 Å². The van der Waals surface area contributed by atoms with Crippen molar-refractivity contribution in [1.82, 2.24) is 24.1 Å². The van der Waals surface area contributed by atoms with E-state index in [1.165, 1.54) is 31.5 Å². The summed E-state index contributed by atoms with van der Waals surface area (Å²) in [5, 5.41) is 0.611. The van der Waals surface area contributed by atoms with Gasteiger partial charge in [0.1, 0.15) is 10.8 Å². The number of sulfonamides is 1. The third-order valence-electron chi connectivity index (χ3n) is 3.39. The first kappa shape index (κ1) is 20.8. The summed E-state index contributed by atoms with van der Waals surface area (Å²) in [5.74, 6) is -0.298. The van der Waals surface area contributed by atoms with Gasteiger partial charge in [0.25, 0.3) is 10.0 Å². The van der Waals surface area contributed by atoms with Crippen molar-refractivity contribution >= 4 is 49.1 Å². The fourth-order valence-corrected chi connectivity index (χ4v) is 5.00. The number of anilines is 1. The average molecular weight is 461 g/mol. The Bertz CT molecular complexity index is 1320. The highest BCUT2D eigenvalue weighted by Gasteiger charge is 2.32. The number of sulfone groups is 1. The summed E-state index contributed by atoms with van der Waals surface area (Å²) in [5.41, 5.74) is 0.0663. The molecule has 0 atom stereocenters. The number of hydrogen-bond acceptors (Lipinski definition) is 9. The van der Waals surface area contributed by atoms with Gasteiger partial charge in [-0.15, -0.1) is 0 Å². The molecule has 0 aliphatic rings. The van der Waals surface area contributed by atoms with E-state index in [-0.39, 0.29) is 22.6 Å². The van der Waals surface area contributed by atoms with Gasteiger partial charge >= 0.3 is 6.03 Å². The van der Waals surface area contributed by atoms with Gasteiger partial charge in [0.05, 0.1) is 7.11 Å². The maximum absolute atomic E-state index is 12.8. The van der Waals surface area contributed by atoms with Crippen molar-refractivity contribution in [1.29, 1.82) is 0 Å². The van der Waals surface area contributed by atoms with Crippen LogP contribution in [0.1, 0.15) is 0 Å². The largest absolute Gasteiger partial charge is 0.481 e. The lowest BCUT2D eigenvalue weighted by Crippen LogP contribution is -2.36. The molecule has 0 aliphatic carbocycles. The summed E-state index contributed by atoms with van der Waals surface area (Å²) in [6.07, 6.45) is 2.11. The number of urea groups is 1. The van der Waals surface area contributed by atoms with Crippen molar-refractivity contribution in [2.24, 2.45) is 0 Å². The van der Waals surface area contributed by atoms with Crippen LogP contribution in [0.2, 0.25) is 5.15 Å². The molecule has 3 rings (SSSR count). The lowest BCUT2D eigenvalue weighted by Gasteiger charge is -2.09. The molecule has 3 aromatic rings. The van der Waals surface area contributed by atoms with E-state index < -0.39 is 35.9 Å². The number of nitrogens with zero attached hydrogens (tertiary/aromatic N) is 4. The van der Waals surface area contributed by atoms with E-state index in [1.54, 1.807) is 10.8 Å². The lowest BCUT2D eigenvalue weighted by molar-refractivity contribution is 0.256. The Hall–Kier alpha value is -2.97. The highest BCUT2D eigenvalue weighted by Crippen LogP contribution is 2.22. The second-order valence-electron chi connectivity index (χ2n) is 5.54. The van der Waals surface area contributed by atoms with E-state index >= 15 is 0 Å². The predicted octanol–water partition coefficient (Wildman–Crippen LogP) is 0.700. The molecule has 0 radical (unpaired) electrons. The number of amides is 2. The van der Waals surface area contributed by atoms with E-state index in [9.17, 15) is 21.6 Å². The number of imidazole rings is 1. The third kappa shape index (κ3) is 4.38. The monoisotopic (exact) mass is 460 g/mol. The Morgan fingerprint density at radius 3 is 2.55 bits per heavy atom. The van der Waals surface area contributed by atoms with Gasteiger partial charge in [0.15, 0.2) is 19.9 Å². The van der Waals surface area contributed by atoms with Crippen LogP contribution in [-0.2, 0) is 19.9 Å². The number of pyridine rings is 1. The van der Waals surface area contributed by atoms with Crippen molar-refractivity contribution < 1.29 is 26.4 Å². The summed E-state index contributed by atoms with van der Waals surface area (Å²) in [6.45, 7) is 0. The molecule has 12 nitrogen and oxygen atoms in total. The number of nitrogens with one attached hydrogen (secondary N) is 2. The number of ether oxygens (including phenoxy) is 1. The molecule has 0 saturated carbocycles. The standard InChI is InChI=1S/C14H13ClN6O6S2/c1-27-10-7-8(15)16-13(18-10)19-14(22)20-29(25,26)12-11(28(2,23)24)17-9-5-3-4-6-21(9)12/h3-7H,1-2H3,(H2,16,18,19,20,22). The molecule has 2 N–H and O–H groups in total. The van der Waals surface area contributed by atoms with Crippen molar-refractivity contribution in [3.05, 3.63) is 35.6 Å². The number of carbonyl (C=O) groups is 1. The number of halogens is 1. The summed E-state index contributed by atoms with van der Waals surface area (Å²) < 4.78 is 57.2. The van der Waals surface area contributed by atoms with E-state index in [1.807, 2.05) is 0 Å². The van der Waals surface area contributed by atoms with Crippen molar-refractivity contribution in [3.8, 4) is 5.88 Å². The highest BCUT2D eigenvalue weighted by atomic mass is 35.5. The number of methoxy groups -OCH3 is 1. The molecule has 15 heteroatoms. The Balaban J connectivity index is 1.98. The molecule has 0 bridgehead atoms. The summed E-state index contributed by atoms with van der Waals surface area (Å²) in [6, 6.07) is 4.47. The first-order valence-electron chi connectivity index (χ1n) is 7.61. The normalized spacial score (nSPS) is 12.0. The maximum atomic E-state index is 12.8. The van der Waals surface area contributed by atoms with Gasteiger partial charge in [0.2, 0.25) is 11.8 Å². The molecule has 0 aliphatic heterocycles. The van der Waals surface area contributed by atoms with E-state index in [4.69, 9.17) is 16.3 Å². The fraction of sp³-hybridized carbons (Fsp3) is 0.143. The Labute approximate surface area is 169 Å². The van der Waals surface area contributed by atoms with Gasteiger partial charge in [-0.2, -0.15) is 13.4 Å². The van der Waals surface area contributed by atoms with Gasteiger partial charge in [-0.1, -0.05) is 17.7 Å². The molecule has 0 fully saturated rings. The van der Waals surface area contributed by atoms with E-state index in [2.05, 4.69) is 20.3 Å². The van der Waals surface area contributed by atoms with E-state index in [0.29, 0.717) is 0 Å². The van der Waals surface area contributed by atoms with Gasteiger partial charge in [-0.05, 0) is 12.1 Å². The van der Waals surface area contributed by atoms with E-state index in [0.717, 1.165) is 10.7 Å². The predicted molar refractivity (Wildman–Crippen MR) is 101 cm³/mol. The first-order chi connectivity index (χ1) is 13.5. The fourth-order valence-electron chi connectivity index (χ4n) is 2.29. The minimum Gasteiger partial charge on any atom is -0.481 e. The minimum atomic E-state index is -4.66. The smallest absolute Gasteiger partial charge is 0.335 e. The third-order valence-corrected chi connectivity index (χ3v) is 6.06. The molecular formula is C14H13ClN6O6S2. The maximum Gasteiger partial charge on any atom is 0.335 e. The molecule has 0 unspecified atom stereocenters. The number of hydrogen-bond donors (Lipinski definition) is 2. The second kappa shape index (κ2) is 7.46. The topological polar surface area (TPSA) is 162 Å². The van der Waals surface area contributed by atoms with Gasteiger partial charge in [-0.25, -0.2) is 27.9 Å². The number of aromatic nitrogens is 4. The van der Waals surface area contributed by atoms with Gasteiger partial charge < -0.3 is 4.74 Å². The van der Waals surface area contributed by atoms with Gasteiger partial charge in [0, 0.05) is 18.5 Å². The molecule has 0 aromatic carbocycles.